The molecule has 1 atom stereocenters. The van der Waals surface area contributed by atoms with Gasteiger partial charge in [-0.3, -0.25) is 5.43 Å². The number of hydrazone groups is 1. The zero-order valence-corrected chi connectivity index (χ0v) is 7.13. The van der Waals surface area contributed by atoms with E-state index in [1.165, 1.54) is 0 Å². The van der Waals surface area contributed by atoms with Gasteiger partial charge in [-0.05, 0) is 20.8 Å². The Morgan fingerprint density at radius 2 is 2.45 bits per heavy atom. The molecule has 0 aromatic carbocycles. The van der Waals surface area contributed by atoms with E-state index < -0.39 is 0 Å². The zero-order valence-electron chi connectivity index (χ0n) is 7.13. The molecule has 0 amide bonds. The summed E-state index contributed by atoms with van der Waals surface area (Å²) in [4.78, 5) is 10.9. The van der Waals surface area contributed by atoms with Crippen molar-refractivity contribution in [2.75, 3.05) is 6.61 Å². The van der Waals surface area contributed by atoms with E-state index in [2.05, 4.69) is 10.5 Å². The van der Waals surface area contributed by atoms with Gasteiger partial charge in [0.1, 0.15) is 6.04 Å². The van der Waals surface area contributed by atoms with Crippen molar-refractivity contribution < 1.29 is 9.53 Å². The number of carbonyl (C=O) groups excluding carboxylic acids is 1. The van der Waals surface area contributed by atoms with Crippen molar-refractivity contribution in [3.8, 4) is 0 Å². The van der Waals surface area contributed by atoms with Crippen LogP contribution in [0.15, 0.2) is 5.10 Å². The first-order valence-electron chi connectivity index (χ1n) is 3.62. The van der Waals surface area contributed by atoms with Gasteiger partial charge in [-0.1, -0.05) is 0 Å². The molecule has 11 heavy (non-hydrogen) atoms. The summed E-state index contributed by atoms with van der Waals surface area (Å²) in [6.07, 6.45) is 1.58. The van der Waals surface area contributed by atoms with Crippen molar-refractivity contribution in [1.29, 1.82) is 0 Å². The molecule has 0 radical (unpaired) electrons. The van der Waals surface area contributed by atoms with Crippen LogP contribution >= 0.6 is 0 Å². The number of carbonyl (C=O) groups is 1. The van der Waals surface area contributed by atoms with Crippen molar-refractivity contribution in [2.24, 2.45) is 5.10 Å². The molecule has 0 rings (SSSR count). The molecule has 0 saturated carbocycles. The van der Waals surface area contributed by atoms with Crippen LogP contribution in [0.25, 0.3) is 0 Å². The molecule has 4 heteroatoms. The lowest BCUT2D eigenvalue weighted by Gasteiger charge is -2.08. The lowest BCUT2D eigenvalue weighted by molar-refractivity contribution is -0.145. The Bertz CT molecular complexity index is 145. The summed E-state index contributed by atoms with van der Waals surface area (Å²) in [5, 5.41) is 3.70. The van der Waals surface area contributed by atoms with Crippen LogP contribution < -0.4 is 5.43 Å². The van der Waals surface area contributed by atoms with Gasteiger partial charge >= 0.3 is 5.97 Å². The van der Waals surface area contributed by atoms with Gasteiger partial charge in [0, 0.05) is 6.21 Å². The molecule has 0 bridgehead atoms. The fourth-order valence-electron chi connectivity index (χ4n) is 0.506. The maximum atomic E-state index is 10.9. The van der Waals surface area contributed by atoms with E-state index in [9.17, 15) is 4.79 Å². The Labute approximate surface area is 66.6 Å². The van der Waals surface area contributed by atoms with Crippen molar-refractivity contribution >= 4 is 12.2 Å². The average molecular weight is 158 g/mol. The average Bonchev–Trinajstić information content (AvgIpc) is 2.00. The molecular formula is C7H14N2O2. The fraction of sp³-hybridized carbons (Fsp3) is 0.714. The summed E-state index contributed by atoms with van der Waals surface area (Å²) in [7, 11) is 0. The van der Waals surface area contributed by atoms with Crippen LogP contribution in [0.1, 0.15) is 20.8 Å². The smallest absolute Gasteiger partial charge is 0.329 e. The minimum absolute atomic E-state index is 0.280. The first-order valence-corrected chi connectivity index (χ1v) is 3.62. The van der Waals surface area contributed by atoms with Crippen LogP contribution in [0.3, 0.4) is 0 Å². The van der Waals surface area contributed by atoms with Gasteiger partial charge < -0.3 is 4.74 Å². The fourth-order valence-corrected chi connectivity index (χ4v) is 0.506. The van der Waals surface area contributed by atoms with Crippen LogP contribution in [0, 0.1) is 0 Å². The Balaban J connectivity index is 3.63. The second kappa shape index (κ2) is 5.70. The molecule has 0 heterocycles. The minimum atomic E-state index is -0.369. The zero-order chi connectivity index (χ0) is 8.69. The Hall–Kier alpha value is -1.06. The van der Waals surface area contributed by atoms with Gasteiger partial charge in [-0.25, -0.2) is 4.79 Å². The van der Waals surface area contributed by atoms with E-state index in [0.29, 0.717) is 6.61 Å². The lowest BCUT2D eigenvalue weighted by Crippen LogP contribution is -2.31. The number of ether oxygens (including phenoxy) is 1. The van der Waals surface area contributed by atoms with Crippen LogP contribution in [0.2, 0.25) is 0 Å². The largest absolute Gasteiger partial charge is 0.464 e. The molecule has 0 spiro atoms. The van der Waals surface area contributed by atoms with Gasteiger partial charge in [-0.15, -0.1) is 0 Å². The molecule has 4 nitrogen and oxygen atoms in total. The van der Waals surface area contributed by atoms with E-state index in [1.807, 2.05) is 0 Å². The quantitative estimate of drug-likeness (QED) is 0.369. The predicted octanol–water partition coefficient (Wildman–Crippen LogP) is 0.533. The Morgan fingerprint density at radius 1 is 1.82 bits per heavy atom. The van der Waals surface area contributed by atoms with Gasteiger partial charge in [-0.2, -0.15) is 5.10 Å². The molecule has 0 aliphatic rings. The normalized spacial score (nSPS) is 13.0. The maximum absolute atomic E-state index is 10.9. The number of rotatable bonds is 4. The third kappa shape index (κ3) is 4.36. The summed E-state index contributed by atoms with van der Waals surface area (Å²) < 4.78 is 4.73. The Morgan fingerprint density at radius 3 is 2.91 bits per heavy atom. The highest BCUT2D eigenvalue weighted by Crippen LogP contribution is 1.86. The van der Waals surface area contributed by atoms with Crippen molar-refractivity contribution in [2.45, 2.75) is 26.8 Å². The molecule has 1 N–H and O–H groups in total. The van der Waals surface area contributed by atoms with Gasteiger partial charge in [0.25, 0.3) is 0 Å². The minimum Gasteiger partial charge on any atom is -0.464 e. The number of nitrogens with zero attached hydrogens (tertiary/aromatic N) is 1. The summed E-state index contributed by atoms with van der Waals surface area (Å²) in [6.45, 7) is 5.64. The van der Waals surface area contributed by atoms with Crippen molar-refractivity contribution in [3.05, 3.63) is 0 Å². The second-order valence-electron chi connectivity index (χ2n) is 1.99. The standard InChI is InChI=1S/C7H14N2O2/c1-4-8-9-6(3)7(10)11-5-2/h4,6,9H,5H2,1-3H3/b8-4-. The molecule has 64 valence electrons. The lowest BCUT2D eigenvalue weighted by atomic mass is 10.4. The van der Waals surface area contributed by atoms with Crippen LogP contribution in [-0.2, 0) is 9.53 Å². The molecule has 0 saturated heterocycles. The monoisotopic (exact) mass is 158 g/mol. The van der Waals surface area contributed by atoms with Crippen molar-refractivity contribution in [1.82, 2.24) is 5.43 Å². The molecule has 0 aromatic heterocycles. The van der Waals surface area contributed by atoms with Crippen LogP contribution in [0.5, 0.6) is 0 Å². The van der Waals surface area contributed by atoms with Gasteiger partial charge in [0.15, 0.2) is 0 Å². The van der Waals surface area contributed by atoms with E-state index in [0.717, 1.165) is 0 Å². The number of esters is 1. The number of hydrogen-bond donors (Lipinski definition) is 1. The van der Waals surface area contributed by atoms with E-state index >= 15 is 0 Å². The molecule has 0 aliphatic heterocycles. The van der Waals surface area contributed by atoms with Crippen LogP contribution in [0.4, 0.5) is 0 Å². The highest BCUT2D eigenvalue weighted by molar-refractivity contribution is 5.75. The van der Waals surface area contributed by atoms with Gasteiger partial charge in [0.2, 0.25) is 0 Å². The van der Waals surface area contributed by atoms with Crippen molar-refractivity contribution in [3.63, 3.8) is 0 Å². The van der Waals surface area contributed by atoms with Crippen LogP contribution in [-0.4, -0.2) is 24.8 Å². The maximum Gasteiger partial charge on any atom is 0.329 e. The summed E-state index contributed by atoms with van der Waals surface area (Å²) in [6, 6.07) is -0.369. The first-order chi connectivity index (χ1) is 5.22. The third-order valence-electron chi connectivity index (χ3n) is 1.04. The highest BCUT2D eigenvalue weighted by Gasteiger charge is 2.10. The summed E-state index contributed by atoms with van der Waals surface area (Å²) >= 11 is 0. The second-order valence-corrected chi connectivity index (χ2v) is 1.99. The molecule has 0 aromatic rings. The molecule has 0 aliphatic carbocycles. The number of nitrogens with one attached hydrogen (secondary N) is 1. The van der Waals surface area contributed by atoms with E-state index in [-0.39, 0.29) is 12.0 Å². The third-order valence-corrected chi connectivity index (χ3v) is 1.04. The predicted molar refractivity (Wildman–Crippen MR) is 43.4 cm³/mol. The molecular weight excluding hydrogens is 144 g/mol. The highest BCUT2D eigenvalue weighted by atomic mass is 16.5. The summed E-state index contributed by atoms with van der Waals surface area (Å²) in [5.74, 6) is -0.280. The SMILES string of the molecule is C/C=N\NC(C)C(=O)OCC. The van der Waals surface area contributed by atoms with E-state index in [4.69, 9.17) is 4.74 Å². The molecule has 1 unspecified atom stereocenters. The molecule has 0 fully saturated rings. The van der Waals surface area contributed by atoms with Gasteiger partial charge in [0.05, 0.1) is 6.61 Å². The number of hydrogen-bond acceptors (Lipinski definition) is 4. The summed E-state index contributed by atoms with van der Waals surface area (Å²) in [5.41, 5.74) is 2.61. The Kier molecular flexibility index (Phi) is 5.15. The topological polar surface area (TPSA) is 50.7 Å². The van der Waals surface area contributed by atoms with E-state index in [1.54, 1.807) is 27.0 Å². The first kappa shape index (κ1) is 9.94.